The van der Waals surface area contributed by atoms with E-state index in [9.17, 15) is 5.11 Å². The van der Waals surface area contributed by atoms with Crippen molar-refractivity contribution in [2.24, 2.45) is 0 Å². The van der Waals surface area contributed by atoms with Crippen LogP contribution in [0.3, 0.4) is 0 Å². The molecule has 2 aromatic rings. The number of aliphatic hydroxyl groups is 1. The van der Waals surface area contributed by atoms with E-state index in [1.807, 2.05) is 24.3 Å². The Morgan fingerprint density at radius 1 is 1.11 bits per heavy atom. The van der Waals surface area contributed by atoms with Gasteiger partial charge in [-0.1, -0.05) is 36.4 Å². The monoisotopic (exact) mass is 250 g/mol. The molecule has 0 bridgehead atoms. The summed E-state index contributed by atoms with van der Waals surface area (Å²) in [5, 5.41) is 11.6. The summed E-state index contributed by atoms with van der Waals surface area (Å²) >= 11 is 0. The highest BCUT2D eigenvalue weighted by molar-refractivity contribution is 6.06. The number of hydrogen-bond donors (Lipinski definition) is 1. The molecule has 0 saturated carbocycles. The number of allylic oxidation sites excluding steroid dienone is 1. The second-order valence-corrected chi connectivity index (χ2v) is 4.71. The van der Waals surface area contributed by atoms with Gasteiger partial charge in [0.25, 0.3) is 5.71 Å². The van der Waals surface area contributed by atoms with Crippen LogP contribution in [0.25, 0.3) is 22.4 Å². The molecule has 1 aliphatic rings. The quantitative estimate of drug-likeness (QED) is 0.646. The molecule has 0 aromatic heterocycles. The Morgan fingerprint density at radius 2 is 1.95 bits per heavy atom. The summed E-state index contributed by atoms with van der Waals surface area (Å²) in [6.07, 6.45) is 4.38. The zero-order valence-electron chi connectivity index (χ0n) is 10.5. The van der Waals surface area contributed by atoms with E-state index in [-0.39, 0.29) is 12.5 Å². The molecule has 3 nitrogen and oxygen atoms in total. The van der Waals surface area contributed by atoms with E-state index < -0.39 is 0 Å². The lowest BCUT2D eigenvalue weighted by Crippen LogP contribution is -2.17. The Morgan fingerprint density at radius 3 is 2.74 bits per heavy atom. The summed E-state index contributed by atoms with van der Waals surface area (Å²) in [6, 6.07) is 12.4. The van der Waals surface area contributed by atoms with Crippen LogP contribution in [0.2, 0.25) is 0 Å². The Labute approximate surface area is 111 Å². The summed E-state index contributed by atoms with van der Waals surface area (Å²) in [6.45, 7) is 0.0732. The smallest absolute Gasteiger partial charge is 0.299 e. The van der Waals surface area contributed by atoms with Gasteiger partial charge >= 0.3 is 0 Å². The van der Waals surface area contributed by atoms with Crippen LogP contribution in [-0.4, -0.2) is 22.2 Å². The van der Waals surface area contributed by atoms with Crippen molar-refractivity contribution in [1.82, 2.24) is 0 Å². The highest BCUT2D eigenvalue weighted by atomic mass is 16.3. The standard InChI is InChI=1S/C16H14N2O/c17-18-16-8-7-13-12-4-2-1-3-11(12)5-6-14(13)15(16)9-10-19/h1-8,15,19H,9-10H2. The molecule has 0 aliphatic heterocycles. The molecule has 0 fully saturated rings. The summed E-state index contributed by atoms with van der Waals surface area (Å²) in [5.41, 5.74) is 12.0. The highest BCUT2D eigenvalue weighted by Gasteiger charge is 2.28. The molecule has 1 N–H and O–H groups in total. The van der Waals surface area contributed by atoms with Gasteiger partial charge in [-0.05, 0) is 34.4 Å². The van der Waals surface area contributed by atoms with E-state index >= 15 is 0 Å². The molecule has 1 atom stereocenters. The third kappa shape index (κ3) is 1.89. The maximum atomic E-state index is 9.21. The molecule has 94 valence electrons. The van der Waals surface area contributed by atoms with Crippen molar-refractivity contribution >= 4 is 22.6 Å². The topological polar surface area (TPSA) is 56.6 Å². The van der Waals surface area contributed by atoms with Gasteiger partial charge in [-0.15, -0.1) is 0 Å². The summed E-state index contributed by atoms with van der Waals surface area (Å²) < 4.78 is 0. The summed E-state index contributed by atoms with van der Waals surface area (Å²) in [5.74, 6) is -0.0420. The minimum absolute atomic E-state index is 0.0420. The Kier molecular flexibility index (Phi) is 3.00. The van der Waals surface area contributed by atoms with E-state index in [2.05, 4.69) is 29.1 Å². The number of nitrogens with zero attached hydrogens (tertiary/aromatic N) is 2. The van der Waals surface area contributed by atoms with Crippen molar-refractivity contribution in [1.29, 1.82) is 0 Å². The predicted molar refractivity (Wildman–Crippen MR) is 76.1 cm³/mol. The number of aliphatic hydroxyl groups excluding tert-OH is 1. The van der Waals surface area contributed by atoms with Gasteiger partial charge in [0, 0.05) is 12.7 Å². The van der Waals surface area contributed by atoms with Crippen molar-refractivity contribution in [3.63, 3.8) is 0 Å². The minimum Gasteiger partial charge on any atom is -0.396 e. The van der Waals surface area contributed by atoms with Crippen LogP contribution in [0.1, 0.15) is 23.5 Å². The van der Waals surface area contributed by atoms with Gasteiger partial charge < -0.3 is 10.6 Å². The lowest BCUT2D eigenvalue weighted by molar-refractivity contribution is -0.00866. The average molecular weight is 250 g/mol. The van der Waals surface area contributed by atoms with Crippen LogP contribution in [0, 0.1) is 0 Å². The molecule has 2 aromatic carbocycles. The Hall–Kier alpha value is -2.22. The van der Waals surface area contributed by atoms with Gasteiger partial charge in [0.05, 0.1) is 5.92 Å². The fraction of sp³-hybridized carbons (Fsp3) is 0.188. The van der Waals surface area contributed by atoms with E-state index in [4.69, 9.17) is 5.53 Å². The van der Waals surface area contributed by atoms with Gasteiger partial charge in [0.1, 0.15) is 0 Å². The molecule has 3 heteroatoms. The molecular weight excluding hydrogens is 236 g/mol. The zero-order chi connectivity index (χ0) is 13.2. The van der Waals surface area contributed by atoms with Crippen molar-refractivity contribution in [3.8, 4) is 0 Å². The van der Waals surface area contributed by atoms with Crippen LogP contribution >= 0.6 is 0 Å². The van der Waals surface area contributed by atoms with Crippen molar-refractivity contribution in [3.05, 3.63) is 59.1 Å². The molecule has 19 heavy (non-hydrogen) atoms. The molecule has 3 rings (SSSR count). The van der Waals surface area contributed by atoms with E-state index in [0.29, 0.717) is 12.1 Å². The first-order valence-corrected chi connectivity index (χ1v) is 6.37. The number of benzene rings is 2. The maximum absolute atomic E-state index is 9.21. The molecule has 0 amide bonds. The third-order valence-electron chi connectivity index (χ3n) is 3.69. The van der Waals surface area contributed by atoms with Crippen LogP contribution in [-0.2, 0) is 0 Å². The van der Waals surface area contributed by atoms with Crippen molar-refractivity contribution in [2.75, 3.05) is 6.61 Å². The van der Waals surface area contributed by atoms with Gasteiger partial charge in [-0.2, -0.15) is 4.79 Å². The molecular formula is C16H14N2O. The van der Waals surface area contributed by atoms with Gasteiger partial charge in [-0.3, -0.25) is 0 Å². The molecule has 0 saturated heterocycles. The normalized spacial score (nSPS) is 17.3. The Balaban J connectivity index is 2.27. The van der Waals surface area contributed by atoms with Crippen LogP contribution in [0.15, 0.2) is 42.5 Å². The maximum Gasteiger partial charge on any atom is 0.299 e. The molecule has 1 unspecified atom stereocenters. The van der Waals surface area contributed by atoms with Crippen LogP contribution in [0.5, 0.6) is 0 Å². The largest absolute Gasteiger partial charge is 0.396 e. The summed E-state index contributed by atoms with van der Waals surface area (Å²) in [4.78, 5) is 3.35. The second kappa shape index (κ2) is 4.81. The second-order valence-electron chi connectivity index (χ2n) is 4.71. The molecule has 0 spiro atoms. The first kappa shape index (κ1) is 11.8. The fourth-order valence-electron chi connectivity index (χ4n) is 2.78. The fourth-order valence-corrected chi connectivity index (χ4v) is 2.78. The van der Waals surface area contributed by atoms with E-state index in [1.54, 1.807) is 0 Å². The molecule has 0 heterocycles. The molecule has 1 aliphatic carbocycles. The number of fused-ring (bicyclic) bond motifs is 3. The van der Waals surface area contributed by atoms with Crippen LogP contribution in [0.4, 0.5) is 0 Å². The van der Waals surface area contributed by atoms with Crippen molar-refractivity contribution in [2.45, 2.75) is 12.3 Å². The minimum atomic E-state index is -0.0420. The van der Waals surface area contributed by atoms with Crippen molar-refractivity contribution < 1.29 is 9.90 Å². The SMILES string of the molecule is [N-]=[N+]=C1C=Cc2c(ccc3ccccc23)C1CCO. The van der Waals surface area contributed by atoms with Gasteiger partial charge in [-0.25, -0.2) is 0 Å². The zero-order valence-corrected chi connectivity index (χ0v) is 10.5. The van der Waals surface area contributed by atoms with Crippen LogP contribution < -0.4 is 0 Å². The lowest BCUT2D eigenvalue weighted by Gasteiger charge is -2.19. The first-order chi connectivity index (χ1) is 9.35. The number of rotatable bonds is 2. The predicted octanol–water partition coefficient (Wildman–Crippen LogP) is 3.00. The number of hydrogen-bond acceptors (Lipinski definition) is 1. The third-order valence-corrected chi connectivity index (χ3v) is 3.69. The van der Waals surface area contributed by atoms with Gasteiger partial charge in [0.2, 0.25) is 0 Å². The highest BCUT2D eigenvalue weighted by Crippen LogP contribution is 2.34. The van der Waals surface area contributed by atoms with E-state index in [0.717, 1.165) is 11.1 Å². The summed E-state index contributed by atoms with van der Waals surface area (Å²) in [7, 11) is 0. The average Bonchev–Trinajstić information content (AvgIpc) is 2.47. The molecule has 0 radical (unpaired) electrons. The van der Waals surface area contributed by atoms with E-state index in [1.165, 1.54) is 10.8 Å². The lowest BCUT2D eigenvalue weighted by atomic mass is 9.82. The Bertz CT molecular complexity index is 712. The first-order valence-electron chi connectivity index (χ1n) is 6.37. The van der Waals surface area contributed by atoms with Gasteiger partial charge in [0.15, 0.2) is 0 Å².